The number of guanidine groups is 1. The van der Waals surface area contributed by atoms with E-state index in [9.17, 15) is 8.42 Å². The van der Waals surface area contributed by atoms with E-state index in [1.807, 2.05) is 19.1 Å². The second-order valence-electron chi connectivity index (χ2n) is 5.85. The highest BCUT2D eigenvalue weighted by Gasteiger charge is 2.22. The quantitative estimate of drug-likeness (QED) is 0.274. The minimum Gasteiger partial charge on any atom is -0.356 e. The number of pyridine rings is 1. The van der Waals surface area contributed by atoms with Gasteiger partial charge in [-0.15, -0.1) is 24.0 Å². The van der Waals surface area contributed by atoms with E-state index < -0.39 is 10.0 Å². The van der Waals surface area contributed by atoms with Gasteiger partial charge in [0, 0.05) is 37.7 Å². The van der Waals surface area contributed by atoms with Gasteiger partial charge >= 0.3 is 0 Å². The Kier molecular flexibility index (Phi) is 7.99. The van der Waals surface area contributed by atoms with E-state index in [2.05, 4.69) is 37.0 Å². The maximum absolute atomic E-state index is 12.2. The van der Waals surface area contributed by atoms with Crippen molar-refractivity contribution in [3.8, 4) is 0 Å². The zero-order chi connectivity index (χ0) is 18.4. The van der Waals surface area contributed by atoms with Gasteiger partial charge in [0.2, 0.25) is 10.0 Å². The number of rotatable bonds is 6. The molecule has 146 valence electrons. The standard InChI is InChI=1S/C18H23N5O2S.HI/c1-2-20-18(23-13-9-15-6-3-4-8-17(15)23)21-11-12-22-26(24,25)16-7-5-10-19-14-16;/h3-8,10,14,22H,2,9,11-13H2,1H3,(H,20,21);1H. The SMILES string of the molecule is CCNC(=NCCNS(=O)(=O)c1cccnc1)N1CCc2ccccc21.I. The molecule has 1 aromatic heterocycles. The number of halogens is 1. The number of hydrogen-bond acceptors (Lipinski definition) is 4. The highest BCUT2D eigenvalue weighted by molar-refractivity contribution is 14.0. The van der Waals surface area contributed by atoms with Gasteiger partial charge in [-0.3, -0.25) is 9.98 Å². The third-order valence-electron chi connectivity index (χ3n) is 4.09. The fraction of sp³-hybridized carbons (Fsp3) is 0.333. The van der Waals surface area contributed by atoms with Gasteiger partial charge in [-0.1, -0.05) is 18.2 Å². The molecule has 1 aliphatic rings. The molecule has 2 heterocycles. The van der Waals surface area contributed by atoms with E-state index in [4.69, 9.17) is 0 Å². The van der Waals surface area contributed by atoms with E-state index in [0.29, 0.717) is 6.54 Å². The summed E-state index contributed by atoms with van der Waals surface area (Å²) < 4.78 is 27.0. The second-order valence-corrected chi connectivity index (χ2v) is 7.62. The first-order chi connectivity index (χ1) is 12.6. The monoisotopic (exact) mass is 501 g/mol. The number of anilines is 1. The lowest BCUT2D eigenvalue weighted by Gasteiger charge is -2.22. The zero-order valence-electron chi connectivity index (χ0n) is 15.1. The number of para-hydroxylation sites is 1. The molecule has 2 N–H and O–H groups in total. The molecule has 0 atom stereocenters. The summed E-state index contributed by atoms with van der Waals surface area (Å²) in [5.74, 6) is 0.776. The Balaban J connectivity index is 0.00000261. The molecule has 3 rings (SSSR count). The largest absolute Gasteiger partial charge is 0.356 e. The topological polar surface area (TPSA) is 86.7 Å². The van der Waals surface area contributed by atoms with Crippen molar-refractivity contribution in [2.75, 3.05) is 31.1 Å². The second kappa shape index (κ2) is 10.00. The summed E-state index contributed by atoms with van der Waals surface area (Å²) in [6.45, 7) is 4.20. The molecule has 1 aromatic carbocycles. The third-order valence-corrected chi connectivity index (χ3v) is 5.53. The number of aliphatic imine (C=N–C) groups is 1. The number of fused-ring (bicyclic) bond motifs is 1. The number of nitrogens with one attached hydrogen (secondary N) is 2. The molecule has 0 bridgehead atoms. The Labute approximate surface area is 177 Å². The predicted molar refractivity (Wildman–Crippen MR) is 118 cm³/mol. The number of benzene rings is 1. The Morgan fingerprint density at radius 2 is 2.07 bits per heavy atom. The first-order valence-electron chi connectivity index (χ1n) is 8.65. The summed E-state index contributed by atoms with van der Waals surface area (Å²) in [5, 5.41) is 3.28. The summed E-state index contributed by atoms with van der Waals surface area (Å²) in [7, 11) is -3.55. The maximum Gasteiger partial charge on any atom is 0.242 e. The van der Waals surface area contributed by atoms with Gasteiger partial charge in [-0.2, -0.15) is 0 Å². The van der Waals surface area contributed by atoms with Crippen molar-refractivity contribution >= 4 is 45.6 Å². The lowest BCUT2D eigenvalue weighted by molar-refractivity contribution is 0.581. The normalized spacial score (nSPS) is 13.8. The summed E-state index contributed by atoms with van der Waals surface area (Å²) in [4.78, 5) is 10.7. The van der Waals surface area contributed by atoms with Gasteiger partial charge in [0.05, 0.1) is 6.54 Å². The smallest absolute Gasteiger partial charge is 0.242 e. The van der Waals surface area contributed by atoms with Crippen LogP contribution in [0.4, 0.5) is 5.69 Å². The summed E-state index contributed by atoms with van der Waals surface area (Å²) in [6, 6.07) is 11.4. The molecule has 9 heteroatoms. The highest BCUT2D eigenvalue weighted by atomic mass is 127. The molecule has 0 radical (unpaired) electrons. The van der Waals surface area contributed by atoms with Crippen LogP contribution in [0, 0.1) is 0 Å². The van der Waals surface area contributed by atoms with E-state index in [1.54, 1.807) is 12.3 Å². The molecule has 0 fully saturated rings. The third kappa shape index (κ3) is 5.39. The molecule has 2 aromatic rings. The average Bonchev–Trinajstić information content (AvgIpc) is 3.09. The first kappa shape index (κ1) is 21.6. The summed E-state index contributed by atoms with van der Waals surface area (Å²) in [5.41, 5.74) is 2.46. The number of aromatic nitrogens is 1. The molecule has 0 unspecified atom stereocenters. The number of nitrogens with zero attached hydrogens (tertiary/aromatic N) is 3. The number of sulfonamides is 1. The van der Waals surface area contributed by atoms with Gasteiger partial charge in [0.15, 0.2) is 5.96 Å². The minimum atomic E-state index is -3.55. The maximum atomic E-state index is 12.2. The van der Waals surface area contributed by atoms with Gasteiger partial charge in [-0.05, 0) is 37.1 Å². The molecule has 0 saturated carbocycles. The fourth-order valence-electron chi connectivity index (χ4n) is 2.88. The summed E-state index contributed by atoms with van der Waals surface area (Å²) >= 11 is 0. The van der Waals surface area contributed by atoms with Crippen LogP contribution < -0.4 is 14.9 Å². The molecule has 0 spiro atoms. The minimum absolute atomic E-state index is 0. The van der Waals surface area contributed by atoms with E-state index in [-0.39, 0.29) is 35.4 Å². The van der Waals surface area contributed by atoms with E-state index >= 15 is 0 Å². The summed E-state index contributed by atoms with van der Waals surface area (Å²) in [6.07, 6.45) is 3.85. The van der Waals surface area contributed by atoms with Crippen LogP contribution in [0.5, 0.6) is 0 Å². The van der Waals surface area contributed by atoms with Crippen LogP contribution >= 0.6 is 24.0 Å². The molecule has 7 nitrogen and oxygen atoms in total. The van der Waals surface area contributed by atoms with Crippen molar-refractivity contribution < 1.29 is 8.42 Å². The molecular weight excluding hydrogens is 477 g/mol. The Hall–Kier alpha value is -1.72. The molecular formula is C18H24IN5O2S. The molecule has 0 amide bonds. The highest BCUT2D eigenvalue weighted by Crippen LogP contribution is 2.27. The lowest BCUT2D eigenvalue weighted by atomic mass is 10.2. The van der Waals surface area contributed by atoms with Gasteiger partial charge in [0.1, 0.15) is 4.90 Å². The van der Waals surface area contributed by atoms with Crippen LogP contribution in [0.25, 0.3) is 0 Å². The van der Waals surface area contributed by atoms with Crippen LogP contribution in [0.3, 0.4) is 0 Å². The van der Waals surface area contributed by atoms with Crippen LogP contribution in [-0.2, 0) is 16.4 Å². The number of hydrogen-bond donors (Lipinski definition) is 2. The van der Waals surface area contributed by atoms with Crippen molar-refractivity contribution in [2.45, 2.75) is 18.2 Å². The average molecular weight is 501 g/mol. The molecule has 0 aliphatic carbocycles. The Bertz CT molecular complexity index is 874. The molecule has 0 saturated heterocycles. The zero-order valence-corrected chi connectivity index (χ0v) is 18.3. The van der Waals surface area contributed by atoms with Gasteiger partial charge in [0.25, 0.3) is 0 Å². The van der Waals surface area contributed by atoms with E-state index in [0.717, 1.165) is 31.2 Å². The molecule has 27 heavy (non-hydrogen) atoms. The van der Waals surface area contributed by atoms with Crippen molar-refractivity contribution in [3.05, 3.63) is 54.4 Å². The lowest BCUT2D eigenvalue weighted by Crippen LogP contribution is -2.41. The predicted octanol–water partition coefficient (Wildman–Crippen LogP) is 2.01. The fourth-order valence-corrected chi connectivity index (χ4v) is 3.87. The van der Waals surface area contributed by atoms with Crippen molar-refractivity contribution in [3.63, 3.8) is 0 Å². The van der Waals surface area contributed by atoms with Crippen LogP contribution in [0.2, 0.25) is 0 Å². The van der Waals surface area contributed by atoms with Crippen LogP contribution in [0.15, 0.2) is 58.7 Å². The Morgan fingerprint density at radius 1 is 1.26 bits per heavy atom. The van der Waals surface area contributed by atoms with Crippen molar-refractivity contribution in [2.24, 2.45) is 4.99 Å². The van der Waals surface area contributed by atoms with Gasteiger partial charge < -0.3 is 10.2 Å². The van der Waals surface area contributed by atoms with Crippen LogP contribution in [0.1, 0.15) is 12.5 Å². The van der Waals surface area contributed by atoms with Crippen LogP contribution in [-0.4, -0.2) is 45.5 Å². The van der Waals surface area contributed by atoms with E-state index in [1.165, 1.54) is 17.8 Å². The van der Waals surface area contributed by atoms with Crippen molar-refractivity contribution in [1.29, 1.82) is 0 Å². The van der Waals surface area contributed by atoms with Gasteiger partial charge in [-0.25, -0.2) is 13.1 Å². The first-order valence-corrected chi connectivity index (χ1v) is 10.1. The van der Waals surface area contributed by atoms with Crippen molar-refractivity contribution in [1.82, 2.24) is 15.0 Å². The molecule has 1 aliphatic heterocycles. The Morgan fingerprint density at radius 3 is 2.81 bits per heavy atom.